The molecule has 32 heavy (non-hydrogen) atoms. The van der Waals surface area contributed by atoms with E-state index in [1.165, 1.54) is 5.56 Å². The highest BCUT2D eigenvalue weighted by atomic mass is 32.1. The lowest BCUT2D eigenvalue weighted by molar-refractivity contribution is -0.134. The number of furan rings is 1. The number of thiazole rings is 1. The van der Waals surface area contributed by atoms with Crippen LogP contribution in [0.15, 0.2) is 76.4 Å². The summed E-state index contributed by atoms with van der Waals surface area (Å²) in [5, 5.41) is 7.30. The number of rotatable bonds is 6. The molecule has 1 unspecified atom stereocenters. The number of amides is 1. The van der Waals surface area contributed by atoms with Crippen LogP contribution >= 0.6 is 11.3 Å². The van der Waals surface area contributed by atoms with Crippen molar-refractivity contribution in [1.29, 1.82) is 0 Å². The van der Waals surface area contributed by atoms with Crippen molar-refractivity contribution in [2.75, 3.05) is 13.6 Å². The number of hydrazone groups is 1. The molecule has 7 heteroatoms. The number of likely N-dealkylation sites (N-methyl/N-ethyl adjacent to an activating group) is 1. The molecule has 4 aromatic rings. The fourth-order valence-corrected chi connectivity index (χ4v) is 4.99. The SMILES string of the molecule is Cc1ccc(C2=NN(C(=O)CN(C)Cc3nc4ccccc4s3)C(c3ccco3)C2)cc1. The summed E-state index contributed by atoms with van der Waals surface area (Å²) < 4.78 is 6.81. The number of hydrogen-bond donors (Lipinski definition) is 0. The van der Waals surface area contributed by atoms with Crippen molar-refractivity contribution in [2.24, 2.45) is 5.10 Å². The van der Waals surface area contributed by atoms with E-state index in [0.717, 1.165) is 32.3 Å². The van der Waals surface area contributed by atoms with Crippen molar-refractivity contribution in [3.05, 3.63) is 88.8 Å². The van der Waals surface area contributed by atoms with Crippen molar-refractivity contribution in [3.8, 4) is 0 Å². The molecule has 1 aliphatic rings. The van der Waals surface area contributed by atoms with E-state index in [1.807, 2.05) is 42.3 Å². The standard InChI is InChI=1S/C25H24N4O2S/c1-17-9-11-18(12-10-17)20-14-21(22-7-5-13-31-22)29(27-20)25(30)16-28(2)15-24-26-19-6-3-4-8-23(19)32-24/h3-13,21H,14-16H2,1-2H3. The van der Waals surface area contributed by atoms with Gasteiger partial charge in [0, 0.05) is 6.42 Å². The van der Waals surface area contributed by atoms with Crippen molar-refractivity contribution in [1.82, 2.24) is 14.9 Å². The van der Waals surface area contributed by atoms with Crippen LogP contribution in [0.25, 0.3) is 10.2 Å². The van der Waals surface area contributed by atoms with Crippen LogP contribution in [0, 0.1) is 6.92 Å². The molecule has 1 aliphatic heterocycles. The summed E-state index contributed by atoms with van der Waals surface area (Å²) in [6.07, 6.45) is 2.27. The number of carbonyl (C=O) groups is 1. The maximum Gasteiger partial charge on any atom is 0.257 e. The first-order valence-electron chi connectivity index (χ1n) is 10.6. The van der Waals surface area contributed by atoms with Gasteiger partial charge in [-0.05, 0) is 43.8 Å². The minimum Gasteiger partial charge on any atom is -0.467 e. The minimum atomic E-state index is -0.232. The van der Waals surface area contributed by atoms with Crippen molar-refractivity contribution in [3.63, 3.8) is 0 Å². The highest BCUT2D eigenvalue weighted by molar-refractivity contribution is 7.18. The molecule has 0 spiro atoms. The van der Waals surface area contributed by atoms with Crippen LogP contribution in [0.1, 0.15) is 34.4 Å². The predicted octanol–water partition coefficient (Wildman–Crippen LogP) is 5.01. The Hall–Kier alpha value is -3.29. The van der Waals surface area contributed by atoms with Crippen LogP contribution in [-0.2, 0) is 11.3 Å². The Morgan fingerprint density at radius 2 is 1.97 bits per heavy atom. The van der Waals surface area contributed by atoms with Crippen LogP contribution < -0.4 is 0 Å². The maximum atomic E-state index is 13.3. The smallest absolute Gasteiger partial charge is 0.257 e. The Bertz CT molecular complexity index is 1230. The molecule has 0 saturated carbocycles. The highest BCUT2D eigenvalue weighted by Gasteiger charge is 2.35. The number of hydrogen-bond acceptors (Lipinski definition) is 6. The summed E-state index contributed by atoms with van der Waals surface area (Å²) in [6, 6.07) is 19.9. The zero-order valence-corrected chi connectivity index (χ0v) is 18.9. The molecule has 5 rings (SSSR count). The van der Waals surface area contributed by atoms with Crippen molar-refractivity contribution in [2.45, 2.75) is 25.9 Å². The third-order valence-corrected chi connectivity index (χ3v) is 6.59. The fourth-order valence-electron chi connectivity index (χ4n) is 3.94. The largest absolute Gasteiger partial charge is 0.467 e. The Kier molecular flexibility index (Phi) is 5.59. The second kappa shape index (κ2) is 8.68. The van der Waals surface area contributed by atoms with Gasteiger partial charge in [0.1, 0.15) is 16.8 Å². The Labute approximate surface area is 190 Å². The topological polar surface area (TPSA) is 61.9 Å². The summed E-state index contributed by atoms with van der Waals surface area (Å²) >= 11 is 1.66. The summed E-state index contributed by atoms with van der Waals surface area (Å²) in [7, 11) is 1.94. The molecular weight excluding hydrogens is 420 g/mol. The molecule has 1 amide bonds. The van der Waals surface area contributed by atoms with E-state index in [4.69, 9.17) is 9.52 Å². The van der Waals surface area contributed by atoms with Gasteiger partial charge in [-0.2, -0.15) is 5.10 Å². The molecule has 2 aromatic heterocycles. The predicted molar refractivity (Wildman–Crippen MR) is 127 cm³/mol. The number of benzene rings is 2. The van der Waals surface area contributed by atoms with E-state index in [2.05, 4.69) is 42.2 Å². The molecule has 0 radical (unpaired) electrons. The quantitative estimate of drug-likeness (QED) is 0.420. The van der Waals surface area contributed by atoms with Crippen molar-refractivity contribution >= 4 is 33.2 Å². The lowest BCUT2D eigenvalue weighted by Crippen LogP contribution is -2.36. The van der Waals surface area contributed by atoms with Gasteiger partial charge in [0.25, 0.3) is 5.91 Å². The molecule has 0 saturated heterocycles. The normalized spacial score (nSPS) is 16.2. The van der Waals surface area contributed by atoms with Gasteiger partial charge in [0.2, 0.25) is 0 Å². The molecule has 0 fully saturated rings. The van der Waals surface area contributed by atoms with Crippen LogP contribution in [0.5, 0.6) is 0 Å². The number of para-hydroxylation sites is 1. The van der Waals surface area contributed by atoms with Crippen LogP contribution in [0.2, 0.25) is 0 Å². The average molecular weight is 445 g/mol. The third kappa shape index (κ3) is 4.22. The number of carbonyl (C=O) groups excluding carboxylic acids is 1. The lowest BCUT2D eigenvalue weighted by Gasteiger charge is -2.22. The van der Waals surface area contributed by atoms with Gasteiger partial charge >= 0.3 is 0 Å². The average Bonchev–Trinajstić information content (AvgIpc) is 3.52. The van der Waals surface area contributed by atoms with Gasteiger partial charge in [0.15, 0.2) is 0 Å². The first-order chi connectivity index (χ1) is 15.6. The Morgan fingerprint density at radius 3 is 2.72 bits per heavy atom. The molecule has 0 N–H and O–H groups in total. The monoisotopic (exact) mass is 444 g/mol. The fraction of sp³-hybridized carbons (Fsp3) is 0.240. The van der Waals surface area contributed by atoms with E-state index in [9.17, 15) is 4.79 Å². The van der Waals surface area contributed by atoms with Crippen LogP contribution in [0.3, 0.4) is 0 Å². The van der Waals surface area contributed by atoms with Crippen LogP contribution in [-0.4, -0.2) is 40.1 Å². The molecule has 162 valence electrons. The number of aryl methyl sites for hydroxylation is 1. The summed E-state index contributed by atoms with van der Waals surface area (Å²) in [6.45, 7) is 2.92. The van der Waals surface area contributed by atoms with Gasteiger partial charge in [-0.25, -0.2) is 9.99 Å². The second-order valence-corrected chi connectivity index (χ2v) is 9.25. The third-order valence-electron chi connectivity index (χ3n) is 5.57. The molecule has 3 heterocycles. The van der Waals surface area contributed by atoms with Gasteiger partial charge in [0.05, 0.1) is 35.3 Å². The van der Waals surface area contributed by atoms with E-state index in [1.54, 1.807) is 22.6 Å². The first-order valence-corrected chi connectivity index (χ1v) is 11.4. The molecular formula is C25H24N4O2S. The molecule has 6 nitrogen and oxygen atoms in total. The van der Waals surface area contributed by atoms with E-state index in [0.29, 0.717) is 13.0 Å². The molecule has 0 bridgehead atoms. The summed E-state index contributed by atoms with van der Waals surface area (Å²) in [4.78, 5) is 19.9. The molecule has 1 atom stereocenters. The number of fused-ring (bicyclic) bond motifs is 1. The Balaban J connectivity index is 1.33. The number of nitrogens with zero attached hydrogens (tertiary/aromatic N) is 4. The van der Waals surface area contributed by atoms with Gasteiger partial charge in [-0.15, -0.1) is 11.3 Å². The Morgan fingerprint density at radius 1 is 1.16 bits per heavy atom. The summed E-state index contributed by atoms with van der Waals surface area (Å²) in [5.74, 6) is 0.690. The lowest BCUT2D eigenvalue weighted by atomic mass is 10.0. The molecule has 2 aromatic carbocycles. The zero-order valence-electron chi connectivity index (χ0n) is 18.1. The highest BCUT2D eigenvalue weighted by Crippen LogP contribution is 2.33. The zero-order chi connectivity index (χ0) is 22.1. The van der Waals surface area contributed by atoms with E-state index < -0.39 is 0 Å². The maximum absolute atomic E-state index is 13.3. The van der Waals surface area contributed by atoms with Gasteiger partial charge < -0.3 is 4.42 Å². The van der Waals surface area contributed by atoms with Crippen molar-refractivity contribution < 1.29 is 9.21 Å². The number of aromatic nitrogens is 1. The van der Waals surface area contributed by atoms with E-state index >= 15 is 0 Å². The second-order valence-electron chi connectivity index (χ2n) is 8.13. The molecule has 0 aliphatic carbocycles. The van der Waals surface area contributed by atoms with E-state index in [-0.39, 0.29) is 18.5 Å². The van der Waals surface area contributed by atoms with Gasteiger partial charge in [-0.1, -0.05) is 42.0 Å². The van der Waals surface area contributed by atoms with Crippen LogP contribution in [0.4, 0.5) is 0 Å². The summed E-state index contributed by atoms with van der Waals surface area (Å²) in [5.41, 5.74) is 4.12. The minimum absolute atomic E-state index is 0.0582. The van der Waals surface area contributed by atoms with Gasteiger partial charge in [-0.3, -0.25) is 9.69 Å². The first kappa shape index (κ1) is 20.6.